The van der Waals surface area contributed by atoms with E-state index in [2.05, 4.69) is 9.71 Å². The van der Waals surface area contributed by atoms with Crippen LogP contribution in [0.15, 0.2) is 59.4 Å². The molecule has 0 atom stereocenters. The number of nitrogens with zero attached hydrogens (tertiary/aromatic N) is 2. The molecule has 33 heavy (non-hydrogen) atoms. The van der Waals surface area contributed by atoms with Crippen molar-refractivity contribution in [2.45, 2.75) is 26.2 Å². The maximum Gasteiger partial charge on any atom is 0.250 e. The zero-order valence-electron chi connectivity index (χ0n) is 18.7. The van der Waals surface area contributed by atoms with Gasteiger partial charge in [-0.2, -0.15) is 0 Å². The van der Waals surface area contributed by atoms with Gasteiger partial charge in [0.1, 0.15) is 5.82 Å². The molecule has 3 N–H and O–H groups in total. The highest BCUT2D eigenvalue weighted by atomic mass is 32.2. The lowest BCUT2D eigenvalue weighted by Gasteiger charge is -2.19. The Balaban J connectivity index is 1.87. The molecule has 0 saturated heterocycles. The van der Waals surface area contributed by atoms with Crippen molar-refractivity contribution in [1.29, 1.82) is 0 Å². The maximum atomic E-state index is 11.6. The van der Waals surface area contributed by atoms with E-state index < -0.39 is 15.6 Å². The first-order valence-electron chi connectivity index (χ1n) is 10.2. The quantitative estimate of drug-likeness (QED) is 0.419. The molecule has 0 saturated carbocycles. The Hall–Kier alpha value is -3.72. The van der Waals surface area contributed by atoms with Gasteiger partial charge in [0.2, 0.25) is 15.9 Å². The molecule has 0 spiro atoms. The molecular weight excluding hydrogens is 440 g/mol. The SMILES string of the molecule is CC(C)(C)c1nc(-c2ccc(=O)[nH]c2O)c2ccc(-c3ccc(NS(C)(=O)=O)cc3)cc2n1. The molecule has 0 bridgehead atoms. The Kier molecular flexibility index (Phi) is 5.45. The number of pyridine rings is 1. The standard InChI is InChI=1S/C24H24N4O4S/c1-24(2,3)23-25-19-13-15(14-5-8-16(9-6-14)28-33(4,31)32)7-10-17(19)21(27-23)18-11-12-20(29)26-22(18)30/h5-13,28H,1-4H3,(H2,26,29,30). The van der Waals surface area contributed by atoms with Crippen LogP contribution in [0.3, 0.4) is 0 Å². The van der Waals surface area contributed by atoms with E-state index in [-0.39, 0.29) is 11.3 Å². The van der Waals surface area contributed by atoms with Crippen LogP contribution in [0.2, 0.25) is 0 Å². The monoisotopic (exact) mass is 464 g/mol. The van der Waals surface area contributed by atoms with E-state index in [0.717, 1.165) is 22.8 Å². The van der Waals surface area contributed by atoms with Gasteiger partial charge >= 0.3 is 0 Å². The summed E-state index contributed by atoms with van der Waals surface area (Å²) in [6.45, 7) is 6.01. The number of aromatic nitrogens is 3. The molecule has 4 aromatic rings. The summed E-state index contributed by atoms with van der Waals surface area (Å²) in [7, 11) is -3.35. The first-order valence-corrected chi connectivity index (χ1v) is 12.1. The van der Waals surface area contributed by atoms with Gasteiger partial charge in [0.05, 0.1) is 23.0 Å². The summed E-state index contributed by atoms with van der Waals surface area (Å²) in [6, 6.07) is 15.7. The Bertz CT molecular complexity index is 1520. The Morgan fingerprint density at radius 2 is 1.61 bits per heavy atom. The fourth-order valence-electron chi connectivity index (χ4n) is 3.45. The van der Waals surface area contributed by atoms with Crippen LogP contribution in [-0.4, -0.2) is 34.7 Å². The van der Waals surface area contributed by atoms with Crippen molar-refractivity contribution in [3.05, 3.63) is 70.8 Å². The lowest BCUT2D eigenvalue weighted by molar-refractivity contribution is 0.453. The van der Waals surface area contributed by atoms with Crippen molar-refractivity contribution in [3.63, 3.8) is 0 Å². The lowest BCUT2D eigenvalue weighted by Crippen LogP contribution is -2.17. The average molecular weight is 465 g/mol. The van der Waals surface area contributed by atoms with E-state index in [9.17, 15) is 18.3 Å². The van der Waals surface area contributed by atoms with E-state index >= 15 is 0 Å². The first-order chi connectivity index (χ1) is 15.4. The van der Waals surface area contributed by atoms with Crippen molar-refractivity contribution < 1.29 is 13.5 Å². The van der Waals surface area contributed by atoms with E-state index in [0.29, 0.717) is 28.3 Å². The Morgan fingerprint density at radius 1 is 0.939 bits per heavy atom. The number of rotatable bonds is 4. The number of aromatic hydroxyl groups is 1. The van der Waals surface area contributed by atoms with Gasteiger partial charge in [-0.3, -0.25) is 14.5 Å². The van der Waals surface area contributed by atoms with Crippen molar-refractivity contribution >= 4 is 26.6 Å². The number of aromatic amines is 1. The second-order valence-corrected chi connectivity index (χ2v) is 10.7. The lowest BCUT2D eigenvalue weighted by atomic mass is 9.94. The molecular formula is C24H24N4O4S. The van der Waals surface area contributed by atoms with E-state index in [1.165, 1.54) is 6.07 Å². The summed E-state index contributed by atoms with van der Waals surface area (Å²) in [5.41, 5.74) is 3.14. The molecule has 9 heteroatoms. The number of benzene rings is 2. The van der Waals surface area contributed by atoms with Crippen molar-refractivity contribution in [1.82, 2.24) is 15.0 Å². The topological polar surface area (TPSA) is 125 Å². The number of fused-ring (bicyclic) bond motifs is 1. The van der Waals surface area contributed by atoms with Crippen molar-refractivity contribution in [2.24, 2.45) is 0 Å². The summed E-state index contributed by atoms with van der Waals surface area (Å²) in [5, 5.41) is 11.1. The number of sulfonamides is 1. The van der Waals surface area contributed by atoms with E-state index in [1.54, 1.807) is 18.2 Å². The van der Waals surface area contributed by atoms with Gasteiger partial charge in [0, 0.05) is 22.6 Å². The largest absolute Gasteiger partial charge is 0.494 e. The molecule has 2 aromatic heterocycles. The fourth-order valence-corrected chi connectivity index (χ4v) is 4.01. The zero-order chi connectivity index (χ0) is 24.0. The van der Waals surface area contributed by atoms with Gasteiger partial charge in [-0.05, 0) is 41.5 Å². The highest BCUT2D eigenvalue weighted by Crippen LogP contribution is 2.34. The maximum absolute atomic E-state index is 11.6. The van der Waals surface area contributed by atoms with Gasteiger partial charge in [-0.25, -0.2) is 18.4 Å². The van der Waals surface area contributed by atoms with Crippen LogP contribution in [-0.2, 0) is 15.4 Å². The summed E-state index contributed by atoms with van der Waals surface area (Å²) in [6.07, 6.45) is 1.11. The highest BCUT2D eigenvalue weighted by Gasteiger charge is 2.22. The minimum absolute atomic E-state index is 0.250. The molecule has 0 aliphatic rings. The fraction of sp³-hybridized carbons (Fsp3) is 0.208. The minimum atomic E-state index is -3.35. The van der Waals surface area contributed by atoms with Gasteiger partial charge < -0.3 is 5.11 Å². The average Bonchev–Trinajstić information content (AvgIpc) is 2.71. The normalized spacial score (nSPS) is 12.1. The molecule has 0 radical (unpaired) electrons. The minimum Gasteiger partial charge on any atom is -0.494 e. The van der Waals surface area contributed by atoms with Gasteiger partial charge in [-0.15, -0.1) is 0 Å². The van der Waals surface area contributed by atoms with Gasteiger partial charge in [0.15, 0.2) is 0 Å². The molecule has 2 aromatic carbocycles. The molecule has 4 rings (SSSR count). The van der Waals surface area contributed by atoms with Crippen LogP contribution in [0.25, 0.3) is 33.3 Å². The Morgan fingerprint density at radius 3 is 2.21 bits per heavy atom. The van der Waals surface area contributed by atoms with Crippen LogP contribution in [0.1, 0.15) is 26.6 Å². The van der Waals surface area contributed by atoms with Crippen LogP contribution >= 0.6 is 0 Å². The van der Waals surface area contributed by atoms with E-state index in [4.69, 9.17) is 9.97 Å². The van der Waals surface area contributed by atoms with Crippen LogP contribution in [0.5, 0.6) is 5.88 Å². The second kappa shape index (κ2) is 8.00. The molecule has 170 valence electrons. The third-order valence-corrected chi connectivity index (χ3v) is 5.65. The van der Waals surface area contributed by atoms with Gasteiger partial charge in [0.25, 0.3) is 5.56 Å². The zero-order valence-corrected chi connectivity index (χ0v) is 19.5. The number of hydrogen-bond acceptors (Lipinski definition) is 6. The number of anilines is 1. The molecule has 2 heterocycles. The predicted molar refractivity (Wildman–Crippen MR) is 130 cm³/mol. The van der Waals surface area contributed by atoms with Crippen LogP contribution in [0, 0.1) is 0 Å². The molecule has 0 amide bonds. The summed E-state index contributed by atoms with van der Waals surface area (Å²) < 4.78 is 25.3. The predicted octanol–water partition coefficient (Wildman–Crippen LogP) is 4.03. The molecule has 0 aliphatic heterocycles. The van der Waals surface area contributed by atoms with Crippen molar-refractivity contribution in [3.8, 4) is 28.3 Å². The molecule has 0 unspecified atom stereocenters. The second-order valence-electron chi connectivity index (χ2n) is 8.91. The first kappa shape index (κ1) is 22.5. The van der Waals surface area contributed by atoms with Crippen LogP contribution in [0.4, 0.5) is 5.69 Å². The van der Waals surface area contributed by atoms with Gasteiger partial charge in [-0.1, -0.05) is 39.0 Å². The number of nitrogens with one attached hydrogen (secondary N) is 2. The summed E-state index contributed by atoms with van der Waals surface area (Å²) in [5.74, 6) is 0.348. The molecule has 8 nitrogen and oxygen atoms in total. The van der Waals surface area contributed by atoms with E-state index in [1.807, 2.05) is 51.1 Å². The highest BCUT2D eigenvalue weighted by molar-refractivity contribution is 7.92. The third-order valence-electron chi connectivity index (χ3n) is 5.04. The molecule has 0 fully saturated rings. The number of H-pyrrole nitrogens is 1. The smallest absolute Gasteiger partial charge is 0.250 e. The summed E-state index contributed by atoms with van der Waals surface area (Å²) >= 11 is 0. The third kappa shape index (κ3) is 4.88. The van der Waals surface area contributed by atoms with Crippen molar-refractivity contribution in [2.75, 3.05) is 11.0 Å². The molecule has 0 aliphatic carbocycles. The summed E-state index contributed by atoms with van der Waals surface area (Å²) in [4.78, 5) is 23.5. The Labute approximate surface area is 191 Å². The number of hydrogen-bond donors (Lipinski definition) is 3. The van der Waals surface area contributed by atoms with Crippen LogP contribution < -0.4 is 10.3 Å².